The number of hydrogen-bond acceptors (Lipinski definition) is 5. The van der Waals surface area contributed by atoms with Gasteiger partial charge >= 0.3 is 5.97 Å². The summed E-state index contributed by atoms with van der Waals surface area (Å²) >= 11 is 6.09. The predicted molar refractivity (Wildman–Crippen MR) is 174 cm³/mol. The van der Waals surface area contributed by atoms with E-state index in [1.165, 1.54) is 6.07 Å². The predicted octanol–water partition coefficient (Wildman–Crippen LogP) is 8.88. The Bertz CT molecular complexity index is 1610. The van der Waals surface area contributed by atoms with Gasteiger partial charge in [0.05, 0.1) is 15.9 Å². The van der Waals surface area contributed by atoms with Crippen LogP contribution in [0.5, 0.6) is 0 Å². The first-order valence-corrected chi connectivity index (χ1v) is 16.8. The third-order valence-corrected chi connectivity index (χ3v) is 14.4. The minimum atomic E-state index is -0.814. The molecule has 1 aromatic rings. The normalized spacial score (nSPS) is 43.0. The van der Waals surface area contributed by atoms with Gasteiger partial charge in [-0.15, -0.1) is 0 Å². The Morgan fingerprint density at radius 3 is 2.33 bits per heavy atom. The van der Waals surface area contributed by atoms with Crippen LogP contribution in [0.25, 0.3) is 6.08 Å². The maximum Gasteiger partial charge on any atom is 0.309 e. The number of allylic oxidation sites excluding steroid dienone is 3. The Hall–Kier alpha value is -2.80. The first-order chi connectivity index (χ1) is 20.7. The van der Waals surface area contributed by atoms with Crippen molar-refractivity contribution in [1.82, 2.24) is 0 Å². The SMILES string of the molecule is CC1(C)C(=O)/C(=C/c2ccc(Cl)cc2[N+](=O)[O-])C[C@]2(C)[C@H]3C(=O)C=C4[C@@H]5C[C@@](C)(C(=O)O)CC[C@]5(C)CC[C@@]4(C)[C@]3(C)CC[C@@H]12. The molecule has 4 saturated carbocycles. The van der Waals surface area contributed by atoms with Crippen molar-refractivity contribution in [2.75, 3.05) is 0 Å². The number of carbonyl (C=O) groups is 3. The number of carbonyl (C=O) groups excluding carboxylic acids is 2. The van der Waals surface area contributed by atoms with Gasteiger partial charge in [0.15, 0.2) is 11.6 Å². The summed E-state index contributed by atoms with van der Waals surface area (Å²) in [5.41, 5.74) is -0.989. The van der Waals surface area contributed by atoms with Crippen LogP contribution in [-0.4, -0.2) is 27.6 Å². The van der Waals surface area contributed by atoms with Crippen molar-refractivity contribution in [2.45, 2.75) is 99.8 Å². The molecule has 7 nitrogen and oxygen atoms in total. The molecule has 5 aliphatic rings. The number of nitro groups is 1. The molecule has 0 spiro atoms. The molecule has 242 valence electrons. The number of Topliss-reactive ketones (excluding diaryl/α,β-unsaturated/α-hetero) is 1. The van der Waals surface area contributed by atoms with Gasteiger partial charge in [-0.3, -0.25) is 24.5 Å². The fourth-order valence-corrected chi connectivity index (χ4v) is 11.5. The highest BCUT2D eigenvalue weighted by Crippen LogP contribution is 2.75. The Labute approximate surface area is 271 Å². The first kappa shape index (κ1) is 32.2. The van der Waals surface area contributed by atoms with E-state index in [1.54, 1.807) is 18.2 Å². The van der Waals surface area contributed by atoms with Crippen LogP contribution < -0.4 is 0 Å². The monoisotopic (exact) mass is 635 g/mol. The average molecular weight is 636 g/mol. The molecule has 0 aliphatic heterocycles. The summed E-state index contributed by atoms with van der Waals surface area (Å²) in [5, 5.41) is 22.3. The molecule has 4 fully saturated rings. The van der Waals surface area contributed by atoms with E-state index < -0.39 is 27.1 Å². The summed E-state index contributed by atoms with van der Waals surface area (Å²) in [6.07, 6.45) is 9.52. The van der Waals surface area contributed by atoms with E-state index in [-0.39, 0.29) is 56.3 Å². The molecule has 0 heterocycles. The zero-order valence-electron chi connectivity index (χ0n) is 27.6. The third kappa shape index (κ3) is 4.31. The molecule has 5 aliphatic carbocycles. The fraction of sp³-hybridized carbons (Fsp3) is 0.649. The molecule has 0 unspecified atom stereocenters. The first-order valence-electron chi connectivity index (χ1n) is 16.4. The van der Waals surface area contributed by atoms with Crippen LogP contribution >= 0.6 is 11.6 Å². The van der Waals surface area contributed by atoms with Crippen molar-refractivity contribution < 1.29 is 24.4 Å². The maximum absolute atomic E-state index is 14.7. The Morgan fingerprint density at radius 2 is 1.69 bits per heavy atom. The molecule has 0 bridgehead atoms. The van der Waals surface area contributed by atoms with Crippen molar-refractivity contribution in [3.05, 3.63) is 56.1 Å². The van der Waals surface area contributed by atoms with Gasteiger partial charge in [0.2, 0.25) is 0 Å². The Morgan fingerprint density at radius 1 is 1.02 bits per heavy atom. The Balaban J connectivity index is 1.48. The van der Waals surface area contributed by atoms with E-state index in [0.29, 0.717) is 30.4 Å². The van der Waals surface area contributed by atoms with Crippen LogP contribution in [0.2, 0.25) is 5.02 Å². The summed E-state index contributed by atoms with van der Waals surface area (Å²) in [6, 6.07) is 4.49. The van der Waals surface area contributed by atoms with Crippen LogP contribution in [0.1, 0.15) is 105 Å². The highest BCUT2D eigenvalue weighted by atomic mass is 35.5. The molecule has 1 aromatic carbocycles. The summed E-state index contributed by atoms with van der Waals surface area (Å²) in [7, 11) is 0. The summed E-state index contributed by atoms with van der Waals surface area (Å²) in [4.78, 5) is 52.7. The molecular formula is C37H46ClNO6. The van der Waals surface area contributed by atoms with Crippen molar-refractivity contribution in [3.63, 3.8) is 0 Å². The van der Waals surface area contributed by atoms with Crippen LogP contribution in [0.3, 0.4) is 0 Å². The second-order valence-corrected chi connectivity index (χ2v) is 17.4. The van der Waals surface area contributed by atoms with E-state index in [1.807, 2.05) is 26.8 Å². The lowest BCUT2D eigenvalue weighted by Gasteiger charge is -2.70. The number of carboxylic acid groups (broad SMARTS) is 1. The second-order valence-electron chi connectivity index (χ2n) is 16.9. The highest BCUT2D eigenvalue weighted by molar-refractivity contribution is 6.30. The molecule has 0 aromatic heterocycles. The number of rotatable bonds is 3. The minimum absolute atomic E-state index is 0.0212. The molecule has 6 rings (SSSR count). The number of benzene rings is 1. The maximum atomic E-state index is 14.7. The van der Waals surface area contributed by atoms with E-state index in [9.17, 15) is 29.6 Å². The number of halogens is 1. The zero-order chi connectivity index (χ0) is 33.1. The molecule has 8 atom stereocenters. The second kappa shape index (κ2) is 9.85. The number of nitro benzene ring substituents is 1. The lowest BCUT2D eigenvalue weighted by molar-refractivity contribution is -0.385. The lowest BCUT2D eigenvalue weighted by Crippen LogP contribution is -2.66. The highest BCUT2D eigenvalue weighted by Gasteiger charge is 2.70. The topological polar surface area (TPSA) is 115 Å². The molecule has 0 amide bonds. The number of carboxylic acids is 1. The van der Waals surface area contributed by atoms with Crippen LogP contribution in [0.4, 0.5) is 5.69 Å². The zero-order valence-corrected chi connectivity index (χ0v) is 28.3. The number of fused-ring (bicyclic) bond motifs is 7. The quantitative estimate of drug-likeness (QED) is 0.201. The molecule has 0 radical (unpaired) electrons. The average Bonchev–Trinajstić information content (AvgIpc) is 2.94. The number of nitrogens with zero attached hydrogens (tertiary/aromatic N) is 1. The number of ketones is 2. The van der Waals surface area contributed by atoms with Crippen molar-refractivity contribution >= 4 is 40.9 Å². The van der Waals surface area contributed by atoms with Crippen LogP contribution in [0, 0.1) is 60.4 Å². The number of hydrogen-bond donors (Lipinski definition) is 1. The van der Waals surface area contributed by atoms with Gasteiger partial charge in [-0.2, -0.15) is 0 Å². The molecule has 0 saturated heterocycles. The van der Waals surface area contributed by atoms with Gasteiger partial charge in [-0.25, -0.2) is 0 Å². The van der Waals surface area contributed by atoms with Gasteiger partial charge in [-0.1, -0.05) is 58.7 Å². The summed E-state index contributed by atoms with van der Waals surface area (Å²) in [6.45, 7) is 14.9. The van der Waals surface area contributed by atoms with Gasteiger partial charge in [-0.05, 0) is 122 Å². The molecular weight excluding hydrogens is 590 g/mol. The fourth-order valence-electron chi connectivity index (χ4n) is 11.3. The Kier molecular flexibility index (Phi) is 7.04. The van der Waals surface area contributed by atoms with E-state index in [0.717, 1.165) is 37.7 Å². The van der Waals surface area contributed by atoms with Crippen molar-refractivity contribution in [3.8, 4) is 0 Å². The minimum Gasteiger partial charge on any atom is -0.481 e. The largest absolute Gasteiger partial charge is 0.481 e. The molecule has 1 N–H and O–H groups in total. The van der Waals surface area contributed by atoms with Crippen LogP contribution in [0.15, 0.2) is 35.4 Å². The van der Waals surface area contributed by atoms with Crippen molar-refractivity contribution in [2.24, 2.45) is 50.2 Å². The molecule has 8 heteroatoms. The van der Waals surface area contributed by atoms with Crippen LogP contribution in [-0.2, 0) is 14.4 Å². The third-order valence-electron chi connectivity index (χ3n) is 14.2. The summed E-state index contributed by atoms with van der Waals surface area (Å²) < 4.78 is 0. The van der Waals surface area contributed by atoms with Gasteiger partial charge in [0.1, 0.15) is 0 Å². The van der Waals surface area contributed by atoms with Gasteiger partial charge in [0, 0.05) is 22.4 Å². The van der Waals surface area contributed by atoms with E-state index in [4.69, 9.17) is 11.6 Å². The lowest BCUT2D eigenvalue weighted by atomic mass is 9.33. The summed E-state index contributed by atoms with van der Waals surface area (Å²) in [5.74, 6) is -1.03. The van der Waals surface area contributed by atoms with Gasteiger partial charge in [0.25, 0.3) is 5.69 Å². The standard InChI is InChI=1S/C37H46ClNO6/c1-32(2)28-10-11-37(7)29(35(28,5)19-22(30(32)41)16-21-8-9-23(38)17-26(21)39(44)45)27(40)18-24-25-20-34(4,31(42)43)13-12-33(25,3)14-15-36(24,37)6/h8-9,16-18,25,28-29H,10-15,19-20H2,1-7H3,(H,42,43)/b22-16+/t25-,28-,29+,33+,34-,35-,36+,37+/m0/s1. The van der Waals surface area contributed by atoms with E-state index in [2.05, 4.69) is 27.7 Å². The van der Waals surface area contributed by atoms with Gasteiger partial charge < -0.3 is 5.11 Å². The van der Waals surface area contributed by atoms with E-state index >= 15 is 0 Å². The smallest absolute Gasteiger partial charge is 0.309 e. The number of aliphatic carboxylic acids is 1. The molecule has 45 heavy (non-hydrogen) atoms. The van der Waals surface area contributed by atoms with Crippen molar-refractivity contribution in [1.29, 1.82) is 0 Å².